The van der Waals surface area contributed by atoms with E-state index in [4.69, 9.17) is 0 Å². The minimum atomic E-state index is -4.10. The molecule has 1 aromatic heterocycles. The molecule has 0 bridgehead atoms. The summed E-state index contributed by atoms with van der Waals surface area (Å²) in [5, 5.41) is 15.9. The molecular weight excluding hydrogens is 473 g/mol. The van der Waals surface area contributed by atoms with E-state index in [0.29, 0.717) is 22.0 Å². The first-order valence-electron chi connectivity index (χ1n) is 10.8. The highest BCUT2D eigenvalue weighted by Gasteiger charge is 2.32. The number of aromatic nitrogens is 3. The Morgan fingerprint density at radius 1 is 1.06 bits per heavy atom. The van der Waals surface area contributed by atoms with Crippen molar-refractivity contribution in [1.29, 1.82) is 0 Å². The molecule has 1 N–H and O–H groups in total. The van der Waals surface area contributed by atoms with Crippen LogP contribution in [0, 0.1) is 12.7 Å². The fraction of sp³-hybridized carbons (Fsp3) is 0.200. The number of aliphatic carboxylic acids is 1. The Hall–Kier alpha value is -3.92. The molecular formula is C25H22FN3O5S. The maximum atomic E-state index is 13.5. The van der Waals surface area contributed by atoms with Crippen LogP contribution in [-0.4, -0.2) is 39.7 Å². The van der Waals surface area contributed by atoms with Crippen LogP contribution in [0.4, 0.5) is 4.39 Å². The van der Waals surface area contributed by atoms with E-state index >= 15 is 0 Å². The van der Waals surface area contributed by atoms with Gasteiger partial charge in [0, 0.05) is 6.54 Å². The maximum Gasteiger partial charge on any atom is 0.321 e. The SMILES string of the molecule is Cc1cc(-c2ccc(CS(=O)(=O)C(CCn3nnc4ccccc4c3=O)C(=O)O)cc2)ccc1F. The molecule has 10 heteroatoms. The Morgan fingerprint density at radius 2 is 1.74 bits per heavy atom. The van der Waals surface area contributed by atoms with E-state index in [-0.39, 0.29) is 18.8 Å². The Kier molecular flexibility index (Phi) is 6.74. The molecule has 0 spiro atoms. The van der Waals surface area contributed by atoms with E-state index in [1.807, 2.05) is 0 Å². The third-order valence-corrected chi connectivity index (χ3v) is 7.79. The number of carboxylic acid groups (broad SMARTS) is 1. The van der Waals surface area contributed by atoms with E-state index in [2.05, 4.69) is 10.3 Å². The number of fused-ring (bicyclic) bond motifs is 1. The number of hydrogen-bond acceptors (Lipinski definition) is 6. The van der Waals surface area contributed by atoms with Gasteiger partial charge in [-0.15, -0.1) is 5.10 Å². The second-order valence-corrected chi connectivity index (χ2v) is 10.4. The zero-order valence-electron chi connectivity index (χ0n) is 18.8. The van der Waals surface area contributed by atoms with Gasteiger partial charge in [-0.05, 0) is 59.9 Å². The zero-order chi connectivity index (χ0) is 25.2. The highest BCUT2D eigenvalue weighted by molar-refractivity contribution is 7.92. The van der Waals surface area contributed by atoms with Crippen LogP contribution in [0.15, 0.2) is 71.5 Å². The van der Waals surface area contributed by atoms with Gasteiger partial charge in [0.25, 0.3) is 5.56 Å². The lowest BCUT2D eigenvalue weighted by Gasteiger charge is -2.14. The number of sulfone groups is 1. The topological polar surface area (TPSA) is 119 Å². The summed E-state index contributed by atoms with van der Waals surface area (Å²) in [7, 11) is -4.10. The van der Waals surface area contributed by atoms with Crippen molar-refractivity contribution in [3.63, 3.8) is 0 Å². The van der Waals surface area contributed by atoms with Gasteiger partial charge >= 0.3 is 5.97 Å². The predicted molar refractivity (Wildman–Crippen MR) is 129 cm³/mol. The van der Waals surface area contributed by atoms with Crippen LogP contribution in [-0.2, 0) is 26.9 Å². The number of halogens is 1. The molecule has 4 aromatic rings. The minimum Gasteiger partial charge on any atom is -0.480 e. The average Bonchev–Trinajstić information content (AvgIpc) is 2.82. The monoisotopic (exact) mass is 495 g/mol. The van der Waals surface area contributed by atoms with Gasteiger partial charge in [0.1, 0.15) is 11.3 Å². The Bertz CT molecular complexity index is 1570. The van der Waals surface area contributed by atoms with Crippen LogP contribution in [0.25, 0.3) is 22.0 Å². The summed E-state index contributed by atoms with van der Waals surface area (Å²) in [6, 6.07) is 17.9. The Morgan fingerprint density at radius 3 is 2.43 bits per heavy atom. The van der Waals surface area contributed by atoms with Gasteiger partial charge < -0.3 is 5.11 Å². The zero-order valence-corrected chi connectivity index (χ0v) is 19.6. The van der Waals surface area contributed by atoms with E-state index in [9.17, 15) is 27.5 Å². The third-order valence-electron chi connectivity index (χ3n) is 5.75. The van der Waals surface area contributed by atoms with Gasteiger partial charge in [0.05, 0.1) is 11.1 Å². The molecule has 180 valence electrons. The van der Waals surface area contributed by atoms with Crippen molar-refractivity contribution in [2.45, 2.75) is 30.9 Å². The molecule has 1 heterocycles. The first kappa shape index (κ1) is 24.2. The van der Waals surface area contributed by atoms with Crippen LogP contribution >= 0.6 is 0 Å². The summed E-state index contributed by atoms with van der Waals surface area (Å²) >= 11 is 0. The normalized spacial score (nSPS) is 12.5. The van der Waals surface area contributed by atoms with Crippen molar-refractivity contribution in [3.05, 3.63) is 94.0 Å². The van der Waals surface area contributed by atoms with Crippen molar-refractivity contribution >= 4 is 26.7 Å². The molecule has 0 saturated heterocycles. The van der Waals surface area contributed by atoms with Crippen molar-refractivity contribution in [1.82, 2.24) is 15.0 Å². The van der Waals surface area contributed by atoms with Gasteiger partial charge in [-0.1, -0.05) is 47.7 Å². The van der Waals surface area contributed by atoms with E-state index in [0.717, 1.165) is 15.8 Å². The molecule has 0 saturated carbocycles. The van der Waals surface area contributed by atoms with Crippen LogP contribution in [0.3, 0.4) is 0 Å². The number of aryl methyl sites for hydroxylation is 2. The molecule has 0 aliphatic heterocycles. The van der Waals surface area contributed by atoms with Crippen LogP contribution < -0.4 is 5.56 Å². The second kappa shape index (κ2) is 9.75. The fourth-order valence-electron chi connectivity index (χ4n) is 3.82. The largest absolute Gasteiger partial charge is 0.480 e. The predicted octanol–water partition coefficient (Wildman–Crippen LogP) is 3.36. The van der Waals surface area contributed by atoms with Crippen molar-refractivity contribution in [2.24, 2.45) is 0 Å². The van der Waals surface area contributed by atoms with E-state index in [1.54, 1.807) is 67.6 Å². The molecule has 1 atom stereocenters. The van der Waals surface area contributed by atoms with Gasteiger partial charge in [-0.2, -0.15) is 0 Å². The molecule has 0 aliphatic rings. The Balaban J connectivity index is 1.50. The average molecular weight is 496 g/mol. The van der Waals surface area contributed by atoms with Gasteiger partial charge in [-0.3, -0.25) is 9.59 Å². The fourth-order valence-corrected chi connectivity index (χ4v) is 5.45. The number of rotatable bonds is 8. The van der Waals surface area contributed by atoms with Crippen molar-refractivity contribution < 1.29 is 22.7 Å². The van der Waals surface area contributed by atoms with Crippen molar-refractivity contribution in [2.75, 3.05) is 0 Å². The molecule has 0 fully saturated rings. The van der Waals surface area contributed by atoms with Crippen LogP contribution in [0.2, 0.25) is 0 Å². The molecule has 8 nitrogen and oxygen atoms in total. The summed E-state index contributed by atoms with van der Waals surface area (Å²) in [5.41, 5.74) is 2.40. The molecule has 3 aromatic carbocycles. The smallest absolute Gasteiger partial charge is 0.321 e. The number of carbonyl (C=O) groups is 1. The van der Waals surface area contributed by atoms with Gasteiger partial charge in [0.15, 0.2) is 15.1 Å². The van der Waals surface area contributed by atoms with Gasteiger partial charge in [-0.25, -0.2) is 17.5 Å². The van der Waals surface area contributed by atoms with Gasteiger partial charge in [0.2, 0.25) is 0 Å². The summed E-state index contributed by atoms with van der Waals surface area (Å²) in [6.45, 7) is 1.44. The lowest BCUT2D eigenvalue weighted by atomic mass is 10.0. The highest BCUT2D eigenvalue weighted by atomic mass is 32.2. The minimum absolute atomic E-state index is 0.213. The Labute approximate surface area is 200 Å². The van der Waals surface area contributed by atoms with Crippen LogP contribution in [0.5, 0.6) is 0 Å². The lowest BCUT2D eigenvalue weighted by molar-refractivity contribution is -0.136. The summed E-state index contributed by atoms with van der Waals surface area (Å²) in [6.07, 6.45) is -0.336. The molecule has 0 amide bonds. The third kappa shape index (κ3) is 5.27. The molecule has 1 unspecified atom stereocenters. The molecule has 35 heavy (non-hydrogen) atoms. The first-order chi connectivity index (χ1) is 16.7. The number of nitrogens with zero attached hydrogens (tertiary/aromatic N) is 3. The standard InChI is InChI=1S/C25H22FN3O5S/c1-16-14-19(10-11-21(16)26)18-8-6-17(7-9-18)15-35(33,34)23(25(31)32)12-13-29-24(30)20-4-2-3-5-22(20)27-28-29/h2-11,14,23H,12-13,15H2,1H3,(H,31,32). The van der Waals surface area contributed by atoms with Crippen LogP contribution in [0.1, 0.15) is 17.5 Å². The number of carboxylic acids is 1. The maximum absolute atomic E-state index is 13.5. The second-order valence-electron chi connectivity index (χ2n) is 8.22. The summed E-state index contributed by atoms with van der Waals surface area (Å²) in [5.74, 6) is -2.29. The van der Waals surface area contributed by atoms with E-state index in [1.165, 1.54) is 6.07 Å². The highest BCUT2D eigenvalue weighted by Crippen LogP contribution is 2.24. The van der Waals surface area contributed by atoms with Crippen molar-refractivity contribution in [3.8, 4) is 11.1 Å². The molecule has 4 rings (SSSR count). The van der Waals surface area contributed by atoms with E-state index < -0.39 is 32.4 Å². The summed E-state index contributed by atoms with van der Waals surface area (Å²) in [4.78, 5) is 24.4. The quantitative estimate of drug-likeness (QED) is 0.398. The number of benzene rings is 3. The first-order valence-corrected chi connectivity index (χ1v) is 12.5. The summed E-state index contributed by atoms with van der Waals surface area (Å²) < 4.78 is 40.4. The number of hydrogen-bond donors (Lipinski definition) is 1. The molecule has 0 radical (unpaired) electrons. The molecule has 0 aliphatic carbocycles. The lowest BCUT2D eigenvalue weighted by Crippen LogP contribution is -2.34.